The van der Waals surface area contributed by atoms with Crippen LogP contribution in [0.3, 0.4) is 0 Å². The second kappa shape index (κ2) is 8.52. The normalized spacial score (nSPS) is 25.3. The fourth-order valence-electron chi connectivity index (χ4n) is 4.19. The summed E-state index contributed by atoms with van der Waals surface area (Å²) in [7, 11) is -2.40. The Morgan fingerprint density at radius 1 is 1.29 bits per heavy atom. The molecule has 35 heavy (non-hydrogen) atoms. The molecule has 5 atom stereocenters. The summed E-state index contributed by atoms with van der Waals surface area (Å²) in [5.74, 6) is -1.21. The van der Waals surface area contributed by atoms with Gasteiger partial charge in [-0.15, -0.1) is 9.05 Å². The molecule has 2 aliphatic heterocycles. The summed E-state index contributed by atoms with van der Waals surface area (Å²) < 4.78 is 30.6. The predicted molar refractivity (Wildman–Crippen MR) is 121 cm³/mol. The number of carbonyl (C=O) groups is 1. The molecule has 15 heteroatoms. The lowest BCUT2D eigenvalue weighted by molar-refractivity contribution is -0.133. The largest absolute Gasteiger partial charge is 0.697 e. The third kappa shape index (κ3) is 3.75. The van der Waals surface area contributed by atoms with Crippen LogP contribution >= 0.6 is 20.0 Å². The summed E-state index contributed by atoms with van der Waals surface area (Å²) in [6, 6.07) is 9.38. The zero-order valence-electron chi connectivity index (χ0n) is 17.7. The number of imidazole rings is 2. The molecule has 3 N–H and O–H groups in total. The molecule has 0 spiro atoms. The first-order chi connectivity index (χ1) is 16.9. The third-order valence-electron chi connectivity index (χ3n) is 5.74. The quantitative estimate of drug-likeness (QED) is 0.259. The van der Waals surface area contributed by atoms with Crippen LogP contribution < -0.4 is 5.56 Å². The number of rotatable bonds is 5. The molecule has 5 heterocycles. The molecule has 13 nitrogen and oxygen atoms in total. The van der Waals surface area contributed by atoms with Crippen molar-refractivity contribution in [3.63, 3.8) is 0 Å². The number of ether oxygens (including phenoxy) is 1. The van der Waals surface area contributed by atoms with Gasteiger partial charge in [-0.2, -0.15) is 4.98 Å². The van der Waals surface area contributed by atoms with E-state index in [9.17, 15) is 24.4 Å². The molecule has 0 radical (unpaired) electrons. The van der Waals surface area contributed by atoms with Crippen LogP contribution in [0.2, 0.25) is 0 Å². The van der Waals surface area contributed by atoms with Crippen LogP contribution in [0.4, 0.5) is 0 Å². The summed E-state index contributed by atoms with van der Waals surface area (Å²) in [5, 5.41) is 20.2. The van der Waals surface area contributed by atoms with Gasteiger partial charge in [-0.3, -0.25) is 14.2 Å². The first-order valence-electron chi connectivity index (χ1n) is 10.4. The van der Waals surface area contributed by atoms with E-state index in [1.807, 2.05) is 30.3 Å². The number of nitrogens with one attached hydrogen (secondary N) is 1. The van der Waals surface area contributed by atoms with Crippen LogP contribution in [0.25, 0.3) is 28.2 Å². The molecule has 0 bridgehead atoms. The molecular weight excluding hydrogens is 501 g/mol. The van der Waals surface area contributed by atoms with Gasteiger partial charge in [0.1, 0.15) is 18.8 Å². The molecule has 3 unspecified atom stereocenters. The lowest BCUT2D eigenvalue weighted by Gasteiger charge is -2.18. The molecule has 0 aliphatic carbocycles. The van der Waals surface area contributed by atoms with Crippen LogP contribution in [0.5, 0.6) is 0 Å². The highest BCUT2D eigenvalue weighted by Crippen LogP contribution is 2.44. The Morgan fingerprint density at radius 3 is 2.86 bits per heavy atom. The molecule has 6 rings (SSSR count). The molecule has 2 saturated heterocycles. The summed E-state index contributed by atoms with van der Waals surface area (Å²) >= 11 is 0.855. The van der Waals surface area contributed by atoms with Gasteiger partial charge in [0.2, 0.25) is 5.78 Å². The first-order valence-corrected chi connectivity index (χ1v) is 12.5. The lowest BCUT2D eigenvalue weighted by Crippen LogP contribution is -2.37. The lowest BCUT2D eigenvalue weighted by atomic mass is 10.1. The number of aliphatic hydroxyl groups is 1. The molecule has 180 valence electrons. The Kier molecular flexibility index (Phi) is 5.44. The maximum Gasteiger partial charge on any atom is 0.697 e. The Balaban J connectivity index is 1.51. The Hall–Kier alpha value is -3.13. The van der Waals surface area contributed by atoms with Gasteiger partial charge < -0.3 is 19.9 Å². The predicted octanol–water partition coefficient (Wildman–Crippen LogP) is 1.55. The fraction of sp³-hybridized carbons (Fsp3) is 0.300. The number of carboxylic acid groups (broad SMARTS) is 1. The summed E-state index contributed by atoms with van der Waals surface area (Å²) in [6.07, 6.45) is -2.48. The summed E-state index contributed by atoms with van der Waals surface area (Å²) in [6.45, 7) is -0.0605. The minimum atomic E-state index is -2.40. The van der Waals surface area contributed by atoms with Crippen molar-refractivity contribution in [2.75, 3.05) is 12.4 Å². The van der Waals surface area contributed by atoms with E-state index in [1.54, 1.807) is 6.20 Å². The number of nitrogens with zero attached hydrogens (tertiary/aromatic N) is 4. The highest BCUT2D eigenvalue weighted by atomic mass is 32.2. The number of aromatic nitrogens is 5. The van der Waals surface area contributed by atoms with Crippen molar-refractivity contribution < 1.29 is 33.4 Å². The highest BCUT2D eigenvalue weighted by Gasteiger charge is 2.55. The molecule has 4 aromatic rings. The van der Waals surface area contributed by atoms with E-state index in [4.69, 9.17) is 13.8 Å². The second-order valence-corrected chi connectivity index (χ2v) is 9.77. The molecule has 0 amide bonds. The number of fused-ring (bicyclic) bond motifs is 3. The van der Waals surface area contributed by atoms with Gasteiger partial charge in [0, 0.05) is 10.8 Å². The van der Waals surface area contributed by atoms with Gasteiger partial charge in [0.25, 0.3) is 5.56 Å². The topological polar surface area (TPSA) is 170 Å². The van der Waals surface area contributed by atoms with E-state index in [1.165, 1.54) is 8.97 Å². The zero-order chi connectivity index (χ0) is 24.3. The van der Waals surface area contributed by atoms with Crippen molar-refractivity contribution in [3.05, 3.63) is 46.9 Å². The van der Waals surface area contributed by atoms with Crippen molar-refractivity contribution in [3.8, 4) is 11.3 Å². The average Bonchev–Trinajstić information content (AvgIpc) is 3.53. The number of carboxylic acids is 1. The van der Waals surface area contributed by atoms with Crippen molar-refractivity contribution in [2.45, 2.75) is 29.7 Å². The standard InChI is InChI=1S/C20H16N5O8PS/c26-12(27)8-35-20-22-13-16(25(20)18-14(28)15-11(32-18)7-31-34(30)33-15)23-19-21-10(6-24(19)17(13)29)9-4-2-1-3-5-9/h1-6,11,14-15,18,28H,7-8H2,(H-,21,23,26,27,29)/p+1/t11?,14?,15-,18-/m1/s1. The number of benzene rings is 1. The van der Waals surface area contributed by atoms with Crippen LogP contribution in [0, 0.1) is 0 Å². The van der Waals surface area contributed by atoms with Gasteiger partial charge >= 0.3 is 14.2 Å². The number of hydrogen-bond acceptors (Lipinski definition) is 10. The molecule has 2 aliphatic rings. The van der Waals surface area contributed by atoms with E-state index < -0.39 is 44.3 Å². The van der Waals surface area contributed by atoms with E-state index >= 15 is 0 Å². The van der Waals surface area contributed by atoms with Crippen LogP contribution in [-0.4, -0.2) is 70.8 Å². The van der Waals surface area contributed by atoms with Crippen LogP contribution in [0.15, 0.2) is 46.5 Å². The number of thioether (sulfide) groups is 1. The van der Waals surface area contributed by atoms with Crippen molar-refractivity contribution in [2.24, 2.45) is 0 Å². The van der Waals surface area contributed by atoms with Crippen molar-refractivity contribution in [1.82, 2.24) is 23.9 Å². The van der Waals surface area contributed by atoms with Gasteiger partial charge in [0.15, 0.2) is 28.7 Å². The third-order valence-corrected chi connectivity index (χ3v) is 7.46. The van der Waals surface area contributed by atoms with Crippen LogP contribution in [0.1, 0.15) is 6.23 Å². The second-order valence-electron chi connectivity index (χ2n) is 7.91. The number of aliphatic carboxylic acids is 1. The highest BCUT2D eigenvalue weighted by molar-refractivity contribution is 7.99. The van der Waals surface area contributed by atoms with E-state index in [0.717, 1.165) is 17.3 Å². The van der Waals surface area contributed by atoms with Gasteiger partial charge in [0.05, 0.1) is 11.4 Å². The van der Waals surface area contributed by atoms with Crippen LogP contribution in [-0.2, 0) is 23.1 Å². The van der Waals surface area contributed by atoms with Crippen molar-refractivity contribution in [1.29, 1.82) is 0 Å². The SMILES string of the molecule is O=C(O)CSc1nc2c(=O)n3cc(-c4ccccc4)[nH]c3nc2n1[C@@H]1OC2CO[P+](=O)O[C@H]2C1O. The Morgan fingerprint density at radius 2 is 2.09 bits per heavy atom. The maximum absolute atomic E-state index is 13.3. The molecule has 2 fully saturated rings. The average molecular weight is 518 g/mol. The summed E-state index contributed by atoms with van der Waals surface area (Å²) in [5.41, 5.74) is 1.10. The number of H-pyrrole nitrogens is 1. The maximum atomic E-state index is 13.3. The van der Waals surface area contributed by atoms with E-state index in [-0.39, 0.29) is 34.5 Å². The zero-order valence-corrected chi connectivity index (χ0v) is 19.4. The minimum Gasteiger partial charge on any atom is -0.481 e. The number of aliphatic hydroxyl groups excluding tert-OH is 1. The Bertz CT molecular complexity index is 1540. The molecule has 1 aromatic carbocycles. The van der Waals surface area contributed by atoms with E-state index in [2.05, 4.69) is 15.0 Å². The molecule has 3 aromatic heterocycles. The first kappa shape index (κ1) is 22.3. The summed E-state index contributed by atoms with van der Waals surface area (Å²) in [4.78, 5) is 36.6. The van der Waals surface area contributed by atoms with Gasteiger partial charge in [-0.05, 0) is 5.56 Å². The number of aromatic amines is 1. The molecule has 0 saturated carbocycles. The van der Waals surface area contributed by atoms with E-state index in [0.29, 0.717) is 5.69 Å². The van der Waals surface area contributed by atoms with Gasteiger partial charge in [-0.25, -0.2) is 9.38 Å². The smallest absolute Gasteiger partial charge is 0.481 e. The fourth-order valence-corrected chi connectivity index (χ4v) is 5.72. The monoisotopic (exact) mass is 518 g/mol. The number of hydrogen-bond donors (Lipinski definition) is 3. The Labute approximate surface area is 200 Å². The van der Waals surface area contributed by atoms with Crippen molar-refractivity contribution >= 4 is 42.9 Å². The molecular formula is C20H17N5O8PS+. The minimum absolute atomic E-state index is 0.0251. The van der Waals surface area contributed by atoms with Gasteiger partial charge in [-0.1, -0.05) is 42.1 Å².